The minimum Gasteiger partial charge on any atom is -0.450 e. The molecule has 0 aromatic heterocycles. The van der Waals surface area contributed by atoms with Crippen molar-refractivity contribution < 1.29 is 27.5 Å². The highest BCUT2D eigenvalue weighted by molar-refractivity contribution is 7.94. The number of nitrogens with one attached hydrogen (secondary N) is 1. The van der Waals surface area contributed by atoms with Crippen LogP contribution in [-0.2, 0) is 19.6 Å². The fourth-order valence-electron chi connectivity index (χ4n) is 3.52. The quantitative estimate of drug-likeness (QED) is 0.782. The summed E-state index contributed by atoms with van der Waals surface area (Å²) in [5.74, 6) is -1.53. The molecule has 0 aliphatic carbocycles. The predicted octanol–water partition coefficient (Wildman–Crippen LogP) is 1.35. The first-order valence-corrected chi connectivity index (χ1v) is 11.2. The van der Waals surface area contributed by atoms with Gasteiger partial charge in [0.15, 0.2) is 0 Å². The molecule has 3 rings (SSSR count). The molecule has 2 heterocycles. The van der Waals surface area contributed by atoms with Crippen LogP contribution in [0.2, 0.25) is 0 Å². The number of hydrogen-bond donors (Lipinski definition) is 1. The molecule has 2 fully saturated rings. The van der Waals surface area contributed by atoms with Gasteiger partial charge in [0.05, 0.1) is 24.0 Å². The number of likely N-dealkylation sites (tertiary alicyclic amines) is 1. The number of ether oxygens (including phenoxy) is 1. The number of nitrogens with zero attached hydrogens (tertiary/aromatic N) is 2. The molecule has 0 unspecified atom stereocenters. The van der Waals surface area contributed by atoms with E-state index in [0.717, 1.165) is 4.31 Å². The zero-order chi connectivity index (χ0) is 21.2. The van der Waals surface area contributed by atoms with Gasteiger partial charge in [-0.1, -0.05) is 6.92 Å². The van der Waals surface area contributed by atoms with Crippen molar-refractivity contribution in [2.75, 3.05) is 29.8 Å². The van der Waals surface area contributed by atoms with Gasteiger partial charge < -0.3 is 15.0 Å². The van der Waals surface area contributed by atoms with Gasteiger partial charge in [-0.25, -0.2) is 17.5 Å². The second-order valence-electron chi connectivity index (χ2n) is 7.26. The minimum absolute atomic E-state index is 0.0609. The van der Waals surface area contributed by atoms with Crippen molar-refractivity contribution in [3.63, 3.8) is 0 Å². The van der Waals surface area contributed by atoms with Crippen LogP contribution in [0.5, 0.6) is 0 Å². The largest absolute Gasteiger partial charge is 0.450 e. The van der Waals surface area contributed by atoms with Crippen LogP contribution in [0.3, 0.4) is 0 Å². The molecule has 158 valence electrons. The van der Waals surface area contributed by atoms with Crippen molar-refractivity contribution in [3.8, 4) is 0 Å². The lowest BCUT2D eigenvalue weighted by Gasteiger charge is -2.31. The first-order valence-electron chi connectivity index (χ1n) is 9.62. The molecule has 0 spiro atoms. The maximum absolute atomic E-state index is 12.5. The highest BCUT2D eigenvalue weighted by atomic mass is 32.2. The SMILES string of the molecule is CCOC(=O)N1CCC(NC(=O)c2ccc(N3C(=O)[C@@H](C)CS3(=O)=O)cc2)CC1. The van der Waals surface area contributed by atoms with Crippen molar-refractivity contribution >= 4 is 33.6 Å². The van der Waals surface area contributed by atoms with Crippen LogP contribution in [0.4, 0.5) is 10.5 Å². The van der Waals surface area contributed by atoms with Crippen LogP contribution in [0.1, 0.15) is 37.0 Å². The Morgan fingerprint density at radius 3 is 2.31 bits per heavy atom. The second-order valence-corrected chi connectivity index (χ2v) is 9.13. The van der Waals surface area contributed by atoms with Gasteiger partial charge >= 0.3 is 6.09 Å². The van der Waals surface area contributed by atoms with Crippen LogP contribution < -0.4 is 9.62 Å². The van der Waals surface area contributed by atoms with E-state index < -0.39 is 21.8 Å². The van der Waals surface area contributed by atoms with Gasteiger partial charge in [-0.2, -0.15) is 0 Å². The van der Waals surface area contributed by atoms with Crippen molar-refractivity contribution in [3.05, 3.63) is 29.8 Å². The molecule has 29 heavy (non-hydrogen) atoms. The molecule has 1 N–H and O–H groups in total. The topological polar surface area (TPSA) is 113 Å². The number of piperidine rings is 1. The normalized spacial score (nSPS) is 21.9. The molecule has 0 bridgehead atoms. The Bertz CT molecular complexity index is 891. The highest BCUT2D eigenvalue weighted by Crippen LogP contribution is 2.28. The third-order valence-electron chi connectivity index (χ3n) is 5.08. The molecule has 1 aromatic carbocycles. The minimum atomic E-state index is -3.67. The fraction of sp³-hybridized carbons (Fsp3) is 0.526. The summed E-state index contributed by atoms with van der Waals surface area (Å²) in [4.78, 5) is 38.0. The Morgan fingerprint density at radius 1 is 1.17 bits per heavy atom. The molecule has 10 heteroatoms. The third kappa shape index (κ3) is 4.52. The molecule has 2 saturated heterocycles. The van der Waals surface area contributed by atoms with Gasteiger partial charge in [0.2, 0.25) is 15.9 Å². The summed E-state index contributed by atoms with van der Waals surface area (Å²) >= 11 is 0. The van der Waals surface area contributed by atoms with Gasteiger partial charge in [0.1, 0.15) is 0 Å². The van der Waals surface area contributed by atoms with Crippen LogP contribution in [0.25, 0.3) is 0 Å². The van der Waals surface area contributed by atoms with E-state index in [2.05, 4.69) is 5.32 Å². The predicted molar refractivity (Wildman–Crippen MR) is 106 cm³/mol. The zero-order valence-corrected chi connectivity index (χ0v) is 17.3. The van der Waals surface area contributed by atoms with Crippen LogP contribution in [-0.4, -0.2) is 62.7 Å². The monoisotopic (exact) mass is 423 g/mol. The summed E-state index contributed by atoms with van der Waals surface area (Å²) in [6.07, 6.45) is 0.913. The van der Waals surface area contributed by atoms with Crippen molar-refractivity contribution in [1.29, 1.82) is 0 Å². The lowest BCUT2D eigenvalue weighted by Crippen LogP contribution is -2.46. The van der Waals surface area contributed by atoms with E-state index in [-0.39, 0.29) is 29.5 Å². The number of benzene rings is 1. The van der Waals surface area contributed by atoms with Gasteiger partial charge in [0.25, 0.3) is 5.91 Å². The van der Waals surface area contributed by atoms with Gasteiger partial charge in [0, 0.05) is 24.7 Å². The van der Waals surface area contributed by atoms with E-state index in [0.29, 0.717) is 38.1 Å². The lowest BCUT2D eigenvalue weighted by molar-refractivity contribution is -0.119. The van der Waals surface area contributed by atoms with Gasteiger partial charge in [-0.05, 0) is 44.0 Å². The molecule has 3 amide bonds. The van der Waals surface area contributed by atoms with Crippen LogP contribution >= 0.6 is 0 Å². The number of rotatable bonds is 4. The average molecular weight is 423 g/mol. The van der Waals surface area contributed by atoms with Crippen molar-refractivity contribution in [2.45, 2.75) is 32.7 Å². The number of carbonyl (C=O) groups is 3. The van der Waals surface area contributed by atoms with Crippen molar-refractivity contribution in [2.24, 2.45) is 5.92 Å². The Morgan fingerprint density at radius 2 is 1.79 bits per heavy atom. The Balaban J connectivity index is 1.59. The van der Waals surface area contributed by atoms with E-state index in [4.69, 9.17) is 4.74 Å². The molecule has 2 aliphatic heterocycles. The van der Waals surface area contributed by atoms with E-state index >= 15 is 0 Å². The number of hydrogen-bond acceptors (Lipinski definition) is 6. The summed E-state index contributed by atoms with van der Waals surface area (Å²) < 4.78 is 30.1. The number of carbonyl (C=O) groups excluding carboxylic acids is 3. The summed E-state index contributed by atoms with van der Waals surface area (Å²) in [5, 5.41) is 2.93. The van der Waals surface area contributed by atoms with Gasteiger partial charge in [-0.3, -0.25) is 9.59 Å². The summed E-state index contributed by atoms with van der Waals surface area (Å²) in [6, 6.07) is 5.88. The Kier molecular flexibility index (Phi) is 6.11. The summed E-state index contributed by atoms with van der Waals surface area (Å²) in [7, 11) is -3.67. The molecule has 0 radical (unpaired) electrons. The smallest absolute Gasteiger partial charge is 0.409 e. The summed E-state index contributed by atoms with van der Waals surface area (Å²) in [6.45, 7) is 4.68. The molecule has 2 aliphatic rings. The molecular weight excluding hydrogens is 398 g/mol. The maximum atomic E-state index is 12.5. The molecule has 1 aromatic rings. The zero-order valence-electron chi connectivity index (χ0n) is 16.5. The van der Waals surface area contributed by atoms with E-state index in [1.54, 1.807) is 18.7 Å². The second kappa shape index (κ2) is 8.40. The third-order valence-corrected chi connectivity index (χ3v) is 6.95. The first kappa shape index (κ1) is 21.1. The standard InChI is InChI=1S/C19H25N3O6S/c1-3-28-19(25)21-10-8-15(9-11-21)20-17(23)14-4-6-16(7-5-14)22-18(24)13(2)12-29(22,26)27/h4-7,13,15H,3,8-12H2,1-2H3,(H,20,23)/t13-/m0/s1. The number of anilines is 1. The number of amides is 3. The summed E-state index contributed by atoms with van der Waals surface area (Å²) in [5.41, 5.74) is 0.609. The average Bonchev–Trinajstić information content (AvgIpc) is 2.89. The number of sulfonamides is 1. The maximum Gasteiger partial charge on any atom is 0.409 e. The van der Waals surface area contributed by atoms with Gasteiger partial charge in [-0.15, -0.1) is 0 Å². The van der Waals surface area contributed by atoms with E-state index in [1.165, 1.54) is 24.3 Å². The molecular formula is C19H25N3O6S. The van der Waals surface area contributed by atoms with E-state index in [9.17, 15) is 22.8 Å². The first-order chi connectivity index (χ1) is 13.7. The molecule has 9 nitrogen and oxygen atoms in total. The lowest BCUT2D eigenvalue weighted by atomic mass is 10.0. The van der Waals surface area contributed by atoms with Crippen LogP contribution in [0, 0.1) is 5.92 Å². The fourth-order valence-corrected chi connectivity index (χ4v) is 5.35. The van der Waals surface area contributed by atoms with Crippen LogP contribution in [0.15, 0.2) is 24.3 Å². The molecule has 0 saturated carbocycles. The Labute approximate surface area is 170 Å². The highest BCUT2D eigenvalue weighted by Gasteiger charge is 2.41. The van der Waals surface area contributed by atoms with E-state index in [1.807, 2.05) is 0 Å². The molecule has 1 atom stereocenters. The Hall–Kier alpha value is -2.62. The van der Waals surface area contributed by atoms with Crippen molar-refractivity contribution in [1.82, 2.24) is 10.2 Å².